The van der Waals surface area contributed by atoms with Crippen LogP contribution in [0.2, 0.25) is 0 Å². The Morgan fingerprint density at radius 1 is 1.20 bits per heavy atom. The zero-order valence-electron chi connectivity index (χ0n) is 17.7. The molecule has 1 aliphatic carbocycles. The summed E-state index contributed by atoms with van der Waals surface area (Å²) in [6.45, 7) is 6.99. The van der Waals surface area contributed by atoms with Gasteiger partial charge in [-0.15, -0.1) is 0 Å². The molecule has 0 bridgehead atoms. The van der Waals surface area contributed by atoms with E-state index in [0.29, 0.717) is 35.3 Å². The van der Waals surface area contributed by atoms with Gasteiger partial charge in [0.05, 0.1) is 11.3 Å². The number of benzene rings is 1. The molecule has 2 heterocycles. The van der Waals surface area contributed by atoms with Gasteiger partial charge in [-0.05, 0) is 55.0 Å². The van der Waals surface area contributed by atoms with Crippen molar-refractivity contribution in [3.8, 4) is 17.6 Å². The summed E-state index contributed by atoms with van der Waals surface area (Å²) in [4.78, 5) is 20.0. The summed E-state index contributed by atoms with van der Waals surface area (Å²) < 4.78 is 10.9. The van der Waals surface area contributed by atoms with Gasteiger partial charge in [0, 0.05) is 12.6 Å². The molecular weight excluding hydrogens is 378 g/mol. The largest absolute Gasteiger partial charge is 0.454 e. The predicted octanol–water partition coefficient (Wildman–Crippen LogP) is 4.46. The zero-order valence-corrected chi connectivity index (χ0v) is 17.7. The minimum absolute atomic E-state index is 0.0915. The molecule has 0 spiro atoms. The molecule has 0 radical (unpaired) electrons. The first-order valence-corrected chi connectivity index (χ1v) is 10.5. The van der Waals surface area contributed by atoms with Crippen molar-refractivity contribution in [3.63, 3.8) is 0 Å². The van der Waals surface area contributed by atoms with E-state index in [1.54, 1.807) is 19.1 Å². The highest BCUT2D eigenvalue weighted by Gasteiger charge is 2.35. The average molecular weight is 405 g/mol. The molecule has 3 atom stereocenters. The van der Waals surface area contributed by atoms with Gasteiger partial charge in [0.1, 0.15) is 11.8 Å². The lowest BCUT2D eigenvalue weighted by Crippen LogP contribution is -2.47. The molecule has 30 heavy (non-hydrogen) atoms. The van der Waals surface area contributed by atoms with Gasteiger partial charge < -0.3 is 14.4 Å². The van der Waals surface area contributed by atoms with Crippen molar-refractivity contribution in [1.29, 1.82) is 5.26 Å². The molecule has 2 aliphatic rings. The van der Waals surface area contributed by atoms with Crippen molar-refractivity contribution in [1.82, 2.24) is 9.88 Å². The number of carbonyl (C=O) groups is 1. The maximum Gasteiger partial charge on any atom is 0.273 e. The van der Waals surface area contributed by atoms with E-state index >= 15 is 0 Å². The highest BCUT2D eigenvalue weighted by Crippen LogP contribution is 2.36. The van der Waals surface area contributed by atoms with Crippen molar-refractivity contribution in [2.45, 2.75) is 52.6 Å². The zero-order chi connectivity index (χ0) is 21.3. The van der Waals surface area contributed by atoms with E-state index in [0.717, 1.165) is 29.9 Å². The number of nitrogens with zero attached hydrogens (tertiary/aromatic N) is 3. The van der Waals surface area contributed by atoms with Gasteiger partial charge in [-0.3, -0.25) is 4.79 Å². The van der Waals surface area contributed by atoms with E-state index < -0.39 is 0 Å². The molecule has 1 saturated carbocycles. The highest BCUT2D eigenvalue weighted by molar-refractivity contribution is 5.92. The number of hydrogen-bond donors (Lipinski definition) is 0. The number of ether oxygens (including phenoxy) is 2. The normalized spacial score (nSPS) is 22.4. The van der Waals surface area contributed by atoms with Gasteiger partial charge in [0.25, 0.3) is 5.91 Å². The minimum atomic E-state index is -0.0915. The summed E-state index contributed by atoms with van der Waals surface area (Å²) >= 11 is 0. The Morgan fingerprint density at radius 2 is 2.00 bits per heavy atom. The molecular formula is C24H27N3O3. The predicted molar refractivity (Wildman–Crippen MR) is 112 cm³/mol. The second kappa shape index (κ2) is 8.35. The number of fused-ring (bicyclic) bond motifs is 1. The molecule has 6 nitrogen and oxygen atoms in total. The van der Waals surface area contributed by atoms with Crippen LogP contribution in [-0.2, 0) is 6.54 Å². The van der Waals surface area contributed by atoms with Crippen molar-refractivity contribution in [2.75, 3.05) is 6.79 Å². The molecule has 4 rings (SSSR count). The lowest BCUT2D eigenvalue weighted by Gasteiger charge is -2.41. The monoisotopic (exact) mass is 405 g/mol. The third-order valence-electron chi connectivity index (χ3n) is 6.54. The lowest BCUT2D eigenvalue weighted by molar-refractivity contribution is 0.0443. The van der Waals surface area contributed by atoms with E-state index in [1.807, 2.05) is 23.1 Å². The lowest BCUT2D eigenvalue weighted by atomic mass is 9.77. The van der Waals surface area contributed by atoms with Crippen LogP contribution in [0.15, 0.2) is 30.3 Å². The Hall–Kier alpha value is -3.07. The van der Waals surface area contributed by atoms with Crippen LogP contribution in [0.3, 0.4) is 0 Å². The number of nitriles is 1. The summed E-state index contributed by atoms with van der Waals surface area (Å²) in [5.41, 5.74) is 2.46. The topological polar surface area (TPSA) is 75.5 Å². The Labute approximate surface area is 177 Å². The summed E-state index contributed by atoms with van der Waals surface area (Å²) in [7, 11) is 0. The number of carbonyl (C=O) groups excluding carboxylic acids is 1. The average Bonchev–Trinajstić information content (AvgIpc) is 3.21. The molecule has 3 unspecified atom stereocenters. The van der Waals surface area contributed by atoms with Gasteiger partial charge in [-0.2, -0.15) is 5.26 Å². The standard InChI is InChI=1S/C24H27N3O3/c1-15-5-4-6-21(16(15)2)27(13-18-7-10-22-23(11-18)30-14-29-22)24(28)20-9-8-19(12-25)17(3)26-20/h7-11,15-16,21H,4-6,13-14H2,1-3H3. The Morgan fingerprint density at radius 3 is 2.77 bits per heavy atom. The van der Waals surface area contributed by atoms with Crippen molar-refractivity contribution in [3.05, 3.63) is 52.8 Å². The maximum atomic E-state index is 13.6. The third kappa shape index (κ3) is 3.85. The molecule has 156 valence electrons. The molecule has 2 aromatic rings. The van der Waals surface area contributed by atoms with Crippen LogP contribution in [0.1, 0.15) is 60.4 Å². The van der Waals surface area contributed by atoms with E-state index in [1.165, 1.54) is 6.42 Å². The third-order valence-corrected chi connectivity index (χ3v) is 6.54. The van der Waals surface area contributed by atoms with Gasteiger partial charge >= 0.3 is 0 Å². The van der Waals surface area contributed by atoms with Crippen LogP contribution in [0.5, 0.6) is 11.5 Å². The molecule has 1 aromatic carbocycles. The minimum Gasteiger partial charge on any atom is -0.454 e. The number of rotatable bonds is 4. The highest BCUT2D eigenvalue weighted by atomic mass is 16.7. The molecule has 0 N–H and O–H groups in total. The Bertz CT molecular complexity index is 998. The van der Waals surface area contributed by atoms with Crippen LogP contribution in [-0.4, -0.2) is 28.6 Å². The van der Waals surface area contributed by atoms with Gasteiger partial charge in [-0.25, -0.2) is 4.98 Å². The maximum absolute atomic E-state index is 13.6. The second-order valence-electron chi connectivity index (χ2n) is 8.40. The number of pyridine rings is 1. The number of amides is 1. The van der Waals surface area contributed by atoms with Crippen LogP contribution in [0.4, 0.5) is 0 Å². The molecule has 0 saturated heterocycles. The summed E-state index contributed by atoms with van der Waals surface area (Å²) in [5.74, 6) is 2.33. The first-order chi connectivity index (χ1) is 14.5. The molecule has 1 aliphatic heterocycles. The quantitative estimate of drug-likeness (QED) is 0.751. The van der Waals surface area contributed by atoms with E-state index in [9.17, 15) is 10.1 Å². The first-order valence-electron chi connectivity index (χ1n) is 10.5. The fourth-order valence-electron chi connectivity index (χ4n) is 4.51. The number of hydrogen-bond acceptors (Lipinski definition) is 5. The fourth-order valence-corrected chi connectivity index (χ4v) is 4.51. The van der Waals surface area contributed by atoms with Gasteiger partial charge in [0.15, 0.2) is 11.5 Å². The van der Waals surface area contributed by atoms with Crippen LogP contribution in [0, 0.1) is 30.1 Å². The van der Waals surface area contributed by atoms with E-state index in [-0.39, 0.29) is 18.7 Å². The smallest absolute Gasteiger partial charge is 0.273 e. The van der Waals surface area contributed by atoms with Crippen molar-refractivity contribution in [2.24, 2.45) is 11.8 Å². The van der Waals surface area contributed by atoms with Gasteiger partial charge in [0.2, 0.25) is 6.79 Å². The summed E-state index contributed by atoms with van der Waals surface area (Å²) in [6.07, 6.45) is 3.29. The summed E-state index contributed by atoms with van der Waals surface area (Å²) in [6, 6.07) is 11.5. The van der Waals surface area contributed by atoms with Crippen molar-refractivity contribution < 1.29 is 14.3 Å². The van der Waals surface area contributed by atoms with Crippen LogP contribution >= 0.6 is 0 Å². The Kier molecular flexibility index (Phi) is 5.63. The molecule has 1 fully saturated rings. The first kappa shape index (κ1) is 20.2. The van der Waals surface area contributed by atoms with E-state index in [2.05, 4.69) is 24.9 Å². The summed E-state index contributed by atoms with van der Waals surface area (Å²) in [5, 5.41) is 9.19. The van der Waals surface area contributed by atoms with E-state index in [4.69, 9.17) is 9.47 Å². The Balaban J connectivity index is 1.67. The number of aryl methyl sites for hydroxylation is 1. The molecule has 1 amide bonds. The number of aromatic nitrogens is 1. The SMILES string of the molecule is Cc1nc(C(=O)N(Cc2ccc3c(c2)OCO3)C2CCCC(C)C2C)ccc1C#N. The molecule has 6 heteroatoms. The second-order valence-corrected chi connectivity index (χ2v) is 8.40. The molecule has 1 aromatic heterocycles. The van der Waals surface area contributed by atoms with Crippen molar-refractivity contribution >= 4 is 5.91 Å². The fraction of sp³-hybridized carbons (Fsp3) is 0.458. The van der Waals surface area contributed by atoms with Crippen LogP contribution in [0.25, 0.3) is 0 Å². The van der Waals surface area contributed by atoms with Gasteiger partial charge in [-0.1, -0.05) is 32.8 Å². The van der Waals surface area contributed by atoms with Crippen LogP contribution < -0.4 is 9.47 Å².